The Morgan fingerprint density at radius 3 is 2.06 bits per heavy atom. The molecule has 0 heterocycles. The average Bonchev–Trinajstić information content (AvgIpc) is 2.29. The van der Waals surface area contributed by atoms with E-state index < -0.39 is 11.7 Å². The topological polar surface area (TPSA) is 12.0 Å². The Labute approximate surface area is 106 Å². The molecule has 0 saturated carbocycles. The van der Waals surface area contributed by atoms with Crippen LogP contribution < -0.4 is 5.32 Å². The van der Waals surface area contributed by atoms with Crippen molar-refractivity contribution in [1.29, 1.82) is 0 Å². The van der Waals surface area contributed by atoms with Crippen LogP contribution in [0.4, 0.5) is 13.2 Å². The Morgan fingerprint density at radius 2 is 1.67 bits per heavy atom. The first kappa shape index (κ1) is 15.0. The summed E-state index contributed by atoms with van der Waals surface area (Å²) < 4.78 is 37.3. The lowest BCUT2D eigenvalue weighted by molar-refractivity contribution is -0.137. The second-order valence-electron chi connectivity index (χ2n) is 5.07. The van der Waals surface area contributed by atoms with E-state index in [4.69, 9.17) is 0 Å². The first-order valence-corrected chi connectivity index (χ1v) is 6.11. The number of alkyl halides is 3. The quantitative estimate of drug-likeness (QED) is 0.846. The zero-order valence-corrected chi connectivity index (χ0v) is 11.1. The molecule has 0 aromatic heterocycles. The summed E-state index contributed by atoms with van der Waals surface area (Å²) in [6.07, 6.45) is -2.49. The third kappa shape index (κ3) is 4.02. The highest BCUT2D eigenvalue weighted by Gasteiger charge is 2.30. The normalized spacial score (nSPS) is 15.4. The third-order valence-corrected chi connectivity index (χ3v) is 3.37. The van der Waals surface area contributed by atoms with Crippen LogP contribution in [-0.4, -0.2) is 13.6 Å². The summed E-state index contributed by atoms with van der Waals surface area (Å²) >= 11 is 0. The molecule has 102 valence electrons. The predicted octanol–water partition coefficient (Wildman–Crippen LogP) is 3.88. The predicted molar refractivity (Wildman–Crippen MR) is 67.5 cm³/mol. The first-order valence-electron chi connectivity index (χ1n) is 6.11. The fraction of sp³-hybridized carbons (Fsp3) is 0.571. The highest BCUT2D eigenvalue weighted by atomic mass is 19.4. The van der Waals surface area contributed by atoms with Crippen molar-refractivity contribution < 1.29 is 13.2 Å². The number of hydrogen-bond acceptors (Lipinski definition) is 1. The lowest BCUT2D eigenvalue weighted by Gasteiger charge is -2.28. The van der Waals surface area contributed by atoms with Crippen molar-refractivity contribution in [3.05, 3.63) is 35.4 Å². The number of hydrogen-bond donors (Lipinski definition) is 1. The number of rotatable bonds is 5. The smallest absolute Gasteiger partial charge is 0.319 e. The van der Waals surface area contributed by atoms with Gasteiger partial charge in [0.05, 0.1) is 5.56 Å². The van der Waals surface area contributed by atoms with Crippen LogP contribution in [0.3, 0.4) is 0 Å². The summed E-state index contributed by atoms with van der Waals surface area (Å²) in [4.78, 5) is 0. The fourth-order valence-corrected chi connectivity index (χ4v) is 2.04. The number of benzene rings is 1. The molecular weight excluding hydrogens is 239 g/mol. The molecule has 1 rings (SSSR count). The minimum atomic E-state index is -4.25. The molecular formula is C14H20F3N. The molecule has 0 radical (unpaired) electrons. The fourth-order valence-electron chi connectivity index (χ4n) is 2.04. The van der Waals surface area contributed by atoms with Crippen molar-refractivity contribution in [2.75, 3.05) is 13.6 Å². The van der Waals surface area contributed by atoms with E-state index in [9.17, 15) is 13.2 Å². The molecule has 0 amide bonds. The average molecular weight is 259 g/mol. The molecule has 0 saturated heterocycles. The van der Waals surface area contributed by atoms with Gasteiger partial charge in [-0.3, -0.25) is 0 Å². The standard InChI is InChI=1S/C14H20F3N/c1-4-13(2,10-18-3)9-11-5-7-12(8-6-11)14(15,16)17/h5-8,18H,4,9-10H2,1-3H3. The first-order chi connectivity index (χ1) is 8.30. The van der Waals surface area contributed by atoms with E-state index >= 15 is 0 Å². The molecule has 1 N–H and O–H groups in total. The van der Waals surface area contributed by atoms with Gasteiger partial charge in [-0.05, 0) is 43.0 Å². The van der Waals surface area contributed by atoms with Gasteiger partial charge in [0.2, 0.25) is 0 Å². The molecule has 0 aliphatic carbocycles. The molecule has 1 aromatic rings. The van der Waals surface area contributed by atoms with Crippen molar-refractivity contribution in [2.24, 2.45) is 5.41 Å². The van der Waals surface area contributed by atoms with Gasteiger partial charge < -0.3 is 5.32 Å². The van der Waals surface area contributed by atoms with Gasteiger partial charge in [-0.25, -0.2) is 0 Å². The molecule has 0 aliphatic rings. The zero-order valence-electron chi connectivity index (χ0n) is 11.1. The van der Waals surface area contributed by atoms with Crippen LogP contribution >= 0.6 is 0 Å². The molecule has 18 heavy (non-hydrogen) atoms. The summed E-state index contributed by atoms with van der Waals surface area (Å²) in [6, 6.07) is 5.47. The van der Waals surface area contributed by atoms with Crippen LogP contribution in [0.5, 0.6) is 0 Å². The maximum Gasteiger partial charge on any atom is 0.416 e. The molecule has 4 heteroatoms. The van der Waals surface area contributed by atoms with Crippen molar-refractivity contribution >= 4 is 0 Å². The molecule has 1 unspecified atom stereocenters. The molecule has 0 spiro atoms. The summed E-state index contributed by atoms with van der Waals surface area (Å²) in [5.74, 6) is 0. The van der Waals surface area contributed by atoms with Gasteiger partial charge in [0, 0.05) is 6.54 Å². The van der Waals surface area contributed by atoms with Crippen LogP contribution in [0.1, 0.15) is 31.4 Å². The maximum atomic E-state index is 12.4. The summed E-state index contributed by atoms with van der Waals surface area (Å²) in [7, 11) is 1.89. The van der Waals surface area contributed by atoms with Gasteiger partial charge in [0.1, 0.15) is 0 Å². The van der Waals surface area contributed by atoms with Gasteiger partial charge in [0.15, 0.2) is 0 Å². The summed E-state index contributed by atoms with van der Waals surface area (Å²) in [5.41, 5.74) is 0.440. The van der Waals surface area contributed by atoms with E-state index in [0.717, 1.165) is 37.1 Å². The highest BCUT2D eigenvalue weighted by molar-refractivity contribution is 5.25. The largest absolute Gasteiger partial charge is 0.416 e. The van der Waals surface area contributed by atoms with E-state index in [1.54, 1.807) is 12.1 Å². The number of nitrogens with one attached hydrogen (secondary N) is 1. The molecule has 0 aliphatic heterocycles. The third-order valence-electron chi connectivity index (χ3n) is 3.37. The second-order valence-corrected chi connectivity index (χ2v) is 5.07. The van der Waals surface area contributed by atoms with Crippen molar-refractivity contribution in [3.63, 3.8) is 0 Å². The maximum absolute atomic E-state index is 12.4. The number of halogens is 3. The van der Waals surface area contributed by atoms with Gasteiger partial charge in [0.25, 0.3) is 0 Å². The van der Waals surface area contributed by atoms with Gasteiger partial charge in [-0.1, -0.05) is 26.0 Å². The van der Waals surface area contributed by atoms with Crippen molar-refractivity contribution in [2.45, 2.75) is 32.9 Å². The van der Waals surface area contributed by atoms with Crippen LogP contribution in [0.2, 0.25) is 0 Å². The van der Waals surface area contributed by atoms with Crippen LogP contribution in [0.15, 0.2) is 24.3 Å². The monoisotopic (exact) mass is 259 g/mol. The van der Waals surface area contributed by atoms with Gasteiger partial charge in [-0.15, -0.1) is 0 Å². The van der Waals surface area contributed by atoms with Crippen LogP contribution in [0, 0.1) is 5.41 Å². The lowest BCUT2D eigenvalue weighted by Crippen LogP contribution is -2.31. The van der Waals surface area contributed by atoms with Gasteiger partial charge in [-0.2, -0.15) is 13.2 Å². The van der Waals surface area contributed by atoms with E-state index in [-0.39, 0.29) is 5.41 Å². The molecule has 0 fully saturated rings. The Hall–Kier alpha value is -1.03. The van der Waals surface area contributed by atoms with Crippen LogP contribution in [0.25, 0.3) is 0 Å². The Balaban J connectivity index is 2.80. The van der Waals surface area contributed by atoms with E-state index in [2.05, 4.69) is 19.2 Å². The second kappa shape index (κ2) is 5.74. The SMILES string of the molecule is CCC(C)(CNC)Cc1ccc(C(F)(F)F)cc1. The van der Waals surface area contributed by atoms with E-state index in [1.165, 1.54) is 0 Å². The minimum absolute atomic E-state index is 0.0779. The Bertz CT molecular complexity index is 370. The summed E-state index contributed by atoms with van der Waals surface area (Å²) in [6.45, 7) is 5.09. The van der Waals surface area contributed by atoms with Crippen molar-refractivity contribution in [1.82, 2.24) is 5.32 Å². The van der Waals surface area contributed by atoms with Crippen molar-refractivity contribution in [3.8, 4) is 0 Å². The van der Waals surface area contributed by atoms with E-state index in [1.807, 2.05) is 7.05 Å². The molecule has 0 bridgehead atoms. The minimum Gasteiger partial charge on any atom is -0.319 e. The molecule has 1 nitrogen and oxygen atoms in total. The van der Waals surface area contributed by atoms with Crippen LogP contribution in [-0.2, 0) is 12.6 Å². The summed E-state index contributed by atoms with van der Waals surface area (Å²) in [5, 5.41) is 3.14. The molecule has 1 aromatic carbocycles. The Kier molecular flexibility index (Phi) is 4.79. The highest BCUT2D eigenvalue weighted by Crippen LogP contribution is 2.31. The molecule has 1 atom stereocenters. The van der Waals surface area contributed by atoms with Gasteiger partial charge >= 0.3 is 6.18 Å². The Morgan fingerprint density at radius 1 is 1.11 bits per heavy atom. The zero-order chi connectivity index (χ0) is 13.8. The van der Waals surface area contributed by atoms with E-state index in [0.29, 0.717) is 0 Å². The lowest BCUT2D eigenvalue weighted by atomic mass is 9.81.